The monoisotopic (exact) mass is 482 g/mol. The lowest BCUT2D eigenvalue weighted by Gasteiger charge is -2.06. The van der Waals surface area contributed by atoms with E-state index in [0.717, 1.165) is 0 Å². The van der Waals surface area contributed by atoms with Gasteiger partial charge >= 0.3 is 5.97 Å². The molecule has 0 radical (unpaired) electrons. The summed E-state index contributed by atoms with van der Waals surface area (Å²) < 4.78 is 30.8. The number of rotatable bonds is 3. The van der Waals surface area contributed by atoms with Crippen LogP contribution in [0, 0.1) is 12.7 Å². The summed E-state index contributed by atoms with van der Waals surface area (Å²) in [6, 6.07) is 13.7. The Balaban J connectivity index is 1.43. The van der Waals surface area contributed by atoms with Crippen LogP contribution in [0.3, 0.4) is 0 Å². The number of aryl methyl sites for hydroxylation is 1. The average molecular weight is 483 g/mol. The Hall–Kier alpha value is -3.61. The van der Waals surface area contributed by atoms with E-state index in [9.17, 15) is 14.0 Å². The lowest BCUT2D eigenvalue weighted by molar-refractivity contribution is 0.0703. The molecule has 4 aromatic rings. The van der Waals surface area contributed by atoms with Crippen molar-refractivity contribution in [1.82, 2.24) is 0 Å². The molecule has 0 spiro atoms. The molecule has 3 aromatic carbocycles. The van der Waals surface area contributed by atoms with E-state index in [4.69, 9.17) is 37.1 Å². The molecular weight excluding hydrogens is 470 g/mol. The van der Waals surface area contributed by atoms with E-state index in [-0.39, 0.29) is 33.6 Å². The van der Waals surface area contributed by atoms with Gasteiger partial charge < -0.3 is 13.9 Å². The van der Waals surface area contributed by atoms with Crippen molar-refractivity contribution in [2.75, 3.05) is 0 Å². The SMILES string of the molecule is Cc1cc(OC(=O)c2cc3cc(Cl)ccc3o2)cc2c1C(=O)/C(=C/c1c(F)cccc1Cl)O2. The lowest BCUT2D eigenvalue weighted by Crippen LogP contribution is -2.07. The van der Waals surface area contributed by atoms with E-state index in [2.05, 4.69) is 0 Å². The molecule has 8 heteroatoms. The largest absolute Gasteiger partial charge is 0.452 e. The summed E-state index contributed by atoms with van der Waals surface area (Å²) in [6.07, 6.45) is 1.25. The van der Waals surface area contributed by atoms with Gasteiger partial charge in [-0.15, -0.1) is 0 Å². The molecular formula is C25H13Cl2FO5. The summed E-state index contributed by atoms with van der Waals surface area (Å²) in [5.41, 5.74) is 1.36. The highest BCUT2D eigenvalue weighted by Gasteiger charge is 2.31. The second-order valence-electron chi connectivity index (χ2n) is 7.37. The van der Waals surface area contributed by atoms with Crippen molar-refractivity contribution in [3.8, 4) is 11.5 Å². The first-order chi connectivity index (χ1) is 15.8. The van der Waals surface area contributed by atoms with Crippen molar-refractivity contribution in [3.05, 3.63) is 98.7 Å². The number of ketones is 1. The summed E-state index contributed by atoms with van der Waals surface area (Å²) in [6.45, 7) is 1.68. The zero-order valence-corrected chi connectivity index (χ0v) is 18.5. The molecule has 0 atom stereocenters. The van der Waals surface area contributed by atoms with Crippen LogP contribution >= 0.6 is 23.2 Å². The number of carbonyl (C=O) groups excluding carboxylic acids is 2. The van der Waals surface area contributed by atoms with Gasteiger partial charge in [0.2, 0.25) is 11.5 Å². The summed E-state index contributed by atoms with van der Waals surface area (Å²) in [5, 5.41) is 1.32. The third-order valence-corrected chi connectivity index (χ3v) is 5.67. The summed E-state index contributed by atoms with van der Waals surface area (Å²) in [5.74, 6) is -1.46. The fraction of sp³-hybridized carbons (Fsp3) is 0.0400. The number of esters is 1. The van der Waals surface area contributed by atoms with Crippen LogP contribution in [0.25, 0.3) is 17.0 Å². The van der Waals surface area contributed by atoms with Crippen molar-refractivity contribution in [2.24, 2.45) is 0 Å². The molecule has 2 heterocycles. The highest BCUT2D eigenvalue weighted by Crippen LogP contribution is 2.38. The van der Waals surface area contributed by atoms with Crippen LogP contribution in [0.4, 0.5) is 4.39 Å². The van der Waals surface area contributed by atoms with Crippen LogP contribution in [-0.4, -0.2) is 11.8 Å². The number of ether oxygens (including phenoxy) is 2. The van der Waals surface area contributed by atoms with Gasteiger partial charge in [0.25, 0.3) is 0 Å². The van der Waals surface area contributed by atoms with Gasteiger partial charge in [0.1, 0.15) is 22.9 Å². The van der Waals surface area contributed by atoms with Gasteiger partial charge in [0, 0.05) is 22.0 Å². The number of benzene rings is 3. The fourth-order valence-electron chi connectivity index (χ4n) is 3.59. The molecule has 0 saturated carbocycles. The minimum atomic E-state index is -0.722. The maximum Gasteiger partial charge on any atom is 0.379 e. The standard InChI is InChI=1S/C25H13Cl2FO5/c1-12-7-15(31-25(30)22-9-13-8-14(26)5-6-19(13)32-22)10-20-23(12)24(29)21(33-20)11-16-17(27)3-2-4-18(16)28/h2-11H,1H3/b21-11-. The minimum absolute atomic E-state index is 0.00260. The van der Waals surface area contributed by atoms with Gasteiger partial charge in [0.15, 0.2) is 5.76 Å². The second kappa shape index (κ2) is 8.06. The van der Waals surface area contributed by atoms with Gasteiger partial charge in [-0.2, -0.15) is 0 Å². The molecule has 1 aliphatic rings. The van der Waals surface area contributed by atoms with Gasteiger partial charge in [0.05, 0.1) is 10.6 Å². The highest BCUT2D eigenvalue weighted by atomic mass is 35.5. The first kappa shape index (κ1) is 21.2. The molecule has 0 unspecified atom stereocenters. The normalized spacial score (nSPS) is 13.9. The molecule has 0 bridgehead atoms. The number of Topliss-reactive ketones (excluding diaryl/α,β-unsaturated/α-hetero) is 1. The van der Waals surface area contributed by atoms with Crippen molar-refractivity contribution in [1.29, 1.82) is 0 Å². The number of carbonyl (C=O) groups is 2. The maximum atomic E-state index is 14.1. The van der Waals surface area contributed by atoms with Crippen LogP contribution in [0.1, 0.15) is 32.0 Å². The van der Waals surface area contributed by atoms with Gasteiger partial charge in [-0.1, -0.05) is 29.3 Å². The Bertz CT molecular complexity index is 1480. The van der Waals surface area contributed by atoms with Crippen molar-refractivity contribution in [3.63, 3.8) is 0 Å². The maximum absolute atomic E-state index is 14.1. The molecule has 5 nitrogen and oxygen atoms in total. The van der Waals surface area contributed by atoms with Crippen LogP contribution in [-0.2, 0) is 0 Å². The van der Waals surface area contributed by atoms with E-state index < -0.39 is 17.6 Å². The van der Waals surface area contributed by atoms with Crippen LogP contribution in [0.2, 0.25) is 10.0 Å². The molecule has 0 N–H and O–H groups in total. The van der Waals surface area contributed by atoms with Crippen LogP contribution < -0.4 is 9.47 Å². The topological polar surface area (TPSA) is 65.7 Å². The number of fused-ring (bicyclic) bond motifs is 2. The predicted octanol–water partition coefficient (Wildman–Crippen LogP) is 7.02. The van der Waals surface area contributed by atoms with Crippen LogP contribution in [0.15, 0.2) is 64.8 Å². The first-order valence-electron chi connectivity index (χ1n) is 9.74. The molecule has 1 aliphatic heterocycles. The van der Waals surface area contributed by atoms with Gasteiger partial charge in [-0.05, 0) is 61.0 Å². The quantitative estimate of drug-likeness (QED) is 0.178. The lowest BCUT2D eigenvalue weighted by atomic mass is 10.0. The molecule has 0 aliphatic carbocycles. The van der Waals surface area contributed by atoms with E-state index in [0.29, 0.717) is 27.1 Å². The van der Waals surface area contributed by atoms with Crippen molar-refractivity contribution < 1.29 is 27.9 Å². The molecule has 0 saturated heterocycles. The predicted molar refractivity (Wildman–Crippen MR) is 122 cm³/mol. The van der Waals surface area contributed by atoms with Crippen molar-refractivity contribution in [2.45, 2.75) is 6.92 Å². The van der Waals surface area contributed by atoms with Gasteiger partial charge in [-0.3, -0.25) is 4.79 Å². The van der Waals surface area contributed by atoms with E-state index in [1.54, 1.807) is 25.1 Å². The Morgan fingerprint density at radius 2 is 1.91 bits per heavy atom. The Morgan fingerprint density at radius 1 is 1.09 bits per heavy atom. The molecule has 5 rings (SSSR count). The zero-order valence-electron chi connectivity index (χ0n) is 16.9. The Kier molecular flexibility index (Phi) is 5.19. The Labute approximate surface area is 196 Å². The second-order valence-corrected chi connectivity index (χ2v) is 8.21. The third-order valence-electron chi connectivity index (χ3n) is 5.11. The van der Waals surface area contributed by atoms with E-state index in [1.807, 2.05) is 0 Å². The highest BCUT2D eigenvalue weighted by molar-refractivity contribution is 6.32. The van der Waals surface area contributed by atoms with E-state index in [1.165, 1.54) is 42.5 Å². The Morgan fingerprint density at radius 3 is 2.70 bits per heavy atom. The van der Waals surface area contributed by atoms with Crippen molar-refractivity contribution >= 4 is 52.0 Å². The first-order valence-corrected chi connectivity index (χ1v) is 10.5. The smallest absolute Gasteiger partial charge is 0.379 e. The molecule has 33 heavy (non-hydrogen) atoms. The number of allylic oxidation sites excluding steroid dienone is 1. The number of furan rings is 1. The van der Waals surface area contributed by atoms with Crippen LogP contribution in [0.5, 0.6) is 11.5 Å². The number of halogens is 3. The summed E-state index contributed by atoms with van der Waals surface area (Å²) in [7, 11) is 0. The molecule has 164 valence electrons. The third kappa shape index (κ3) is 3.88. The number of hydrogen-bond acceptors (Lipinski definition) is 5. The molecule has 0 amide bonds. The van der Waals surface area contributed by atoms with Gasteiger partial charge in [-0.25, -0.2) is 9.18 Å². The zero-order chi connectivity index (χ0) is 23.3. The fourth-order valence-corrected chi connectivity index (χ4v) is 3.99. The number of hydrogen-bond donors (Lipinski definition) is 0. The molecule has 0 fully saturated rings. The summed E-state index contributed by atoms with van der Waals surface area (Å²) in [4.78, 5) is 25.4. The summed E-state index contributed by atoms with van der Waals surface area (Å²) >= 11 is 12.0. The molecule has 1 aromatic heterocycles. The minimum Gasteiger partial charge on any atom is -0.452 e. The average Bonchev–Trinajstić information content (AvgIpc) is 3.31. The van der Waals surface area contributed by atoms with E-state index >= 15 is 0 Å².